The average molecular weight is 384 g/mol. The molecule has 1 fully saturated rings. The molecular weight excluding hydrogens is 358 g/mol. The zero-order valence-corrected chi connectivity index (χ0v) is 16.4. The van der Waals surface area contributed by atoms with E-state index in [0.29, 0.717) is 6.54 Å². The van der Waals surface area contributed by atoms with Crippen LogP contribution in [0.5, 0.6) is 0 Å². The predicted molar refractivity (Wildman–Crippen MR) is 108 cm³/mol. The molecular formula is C20H25N5OS. The number of nitrogens with zero attached hydrogens (tertiary/aromatic N) is 4. The van der Waals surface area contributed by atoms with Gasteiger partial charge < -0.3 is 14.6 Å². The van der Waals surface area contributed by atoms with Crippen LogP contribution >= 0.6 is 11.3 Å². The highest BCUT2D eigenvalue weighted by atomic mass is 32.1. The largest absolute Gasteiger partial charge is 0.332 e. The molecule has 1 saturated heterocycles. The van der Waals surface area contributed by atoms with E-state index in [1.807, 2.05) is 33.8 Å². The van der Waals surface area contributed by atoms with Crippen molar-refractivity contribution in [2.75, 3.05) is 26.2 Å². The molecule has 0 unspecified atom stereocenters. The van der Waals surface area contributed by atoms with Gasteiger partial charge in [0.1, 0.15) is 5.65 Å². The van der Waals surface area contributed by atoms with E-state index in [9.17, 15) is 4.79 Å². The lowest BCUT2D eigenvalue weighted by Crippen LogP contribution is -2.41. The minimum atomic E-state index is 0.00112. The van der Waals surface area contributed by atoms with Gasteiger partial charge in [0.2, 0.25) is 0 Å². The van der Waals surface area contributed by atoms with Gasteiger partial charge in [0, 0.05) is 50.0 Å². The molecule has 4 rings (SSSR count). The van der Waals surface area contributed by atoms with Crippen molar-refractivity contribution >= 4 is 23.0 Å². The SMILES string of the molecule is Cc1ccc2nc(CNC(=O)N3CCCN(Cc4cccs4)CC3)cn2c1. The second-order valence-corrected chi connectivity index (χ2v) is 8.09. The van der Waals surface area contributed by atoms with Crippen molar-refractivity contribution in [1.82, 2.24) is 24.5 Å². The summed E-state index contributed by atoms with van der Waals surface area (Å²) in [7, 11) is 0. The zero-order chi connectivity index (χ0) is 18.6. The van der Waals surface area contributed by atoms with E-state index in [1.165, 1.54) is 10.4 Å². The van der Waals surface area contributed by atoms with Crippen LogP contribution in [0.25, 0.3) is 5.65 Å². The van der Waals surface area contributed by atoms with Gasteiger partial charge in [0.15, 0.2) is 0 Å². The lowest BCUT2D eigenvalue weighted by molar-refractivity contribution is 0.197. The minimum Gasteiger partial charge on any atom is -0.332 e. The highest BCUT2D eigenvalue weighted by molar-refractivity contribution is 7.09. The van der Waals surface area contributed by atoms with Crippen LogP contribution in [0.15, 0.2) is 42.0 Å². The summed E-state index contributed by atoms with van der Waals surface area (Å²) >= 11 is 1.80. The van der Waals surface area contributed by atoms with Gasteiger partial charge in [-0.3, -0.25) is 4.90 Å². The average Bonchev–Trinajstić information content (AvgIpc) is 3.24. The normalized spacial score (nSPS) is 15.8. The molecule has 1 N–H and O–H groups in total. The number of fused-ring (bicyclic) bond motifs is 1. The number of hydrogen-bond donors (Lipinski definition) is 1. The highest BCUT2D eigenvalue weighted by Gasteiger charge is 2.19. The molecule has 3 aromatic heterocycles. The second kappa shape index (κ2) is 8.10. The van der Waals surface area contributed by atoms with Crippen molar-refractivity contribution in [2.45, 2.75) is 26.4 Å². The van der Waals surface area contributed by atoms with E-state index in [0.717, 1.165) is 50.5 Å². The first kappa shape index (κ1) is 18.0. The second-order valence-electron chi connectivity index (χ2n) is 7.06. The van der Waals surface area contributed by atoms with Gasteiger partial charge in [-0.2, -0.15) is 0 Å². The van der Waals surface area contributed by atoms with Gasteiger partial charge in [-0.25, -0.2) is 9.78 Å². The van der Waals surface area contributed by atoms with Crippen LogP contribution in [0.2, 0.25) is 0 Å². The monoisotopic (exact) mass is 383 g/mol. The summed E-state index contributed by atoms with van der Waals surface area (Å²) in [6.45, 7) is 7.01. The van der Waals surface area contributed by atoms with Crippen molar-refractivity contribution in [3.05, 3.63) is 58.2 Å². The molecule has 0 aromatic carbocycles. The number of urea groups is 1. The molecule has 0 radical (unpaired) electrons. The van der Waals surface area contributed by atoms with E-state index in [-0.39, 0.29) is 6.03 Å². The van der Waals surface area contributed by atoms with Gasteiger partial charge in [0.25, 0.3) is 0 Å². The molecule has 27 heavy (non-hydrogen) atoms. The van der Waals surface area contributed by atoms with Crippen LogP contribution in [0.1, 0.15) is 22.6 Å². The zero-order valence-electron chi connectivity index (χ0n) is 15.6. The fraction of sp³-hybridized carbons (Fsp3) is 0.400. The first-order valence-electron chi connectivity index (χ1n) is 9.39. The number of rotatable bonds is 4. The quantitative estimate of drug-likeness (QED) is 0.753. The number of carbonyl (C=O) groups is 1. The Hall–Kier alpha value is -2.38. The molecule has 0 bridgehead atoms. The Morgan fingerprint density at radius 1 is 1.19 bits per heavy atom. The smallest absolute Gasteiger partial charge is 0.317 e. The topological polar surface area (TPSA) is 52.9 Å². The van der Waals surface area contributed by atoms with Crippen molar-refractivity contribution in [1.29, 1.82) is 0 Å². The Balaban J connectivity index is 1.30. The lowest BCUT2D eigenvalue weighted by Gasteiger charge is -2.21. The number of imidazole rings is 1. The molecule has 1 aliphatic heterocycles. The Labute approximate surface area is 163 Å². The highest BCUT2D eigenvalue weighted by Crippen LogP contribution is 2.14. The fourth-order valence-corrected chi connectivity index (χ4v) is 4.22. The summed E-state index contributed by atoms with van der Waals surface area (Å²) < 4.78 is 2.01. The number of pyridine rings is 1. The van der Waals surface area contributed by atoms with Crippen LogP contribution < -0.4 is 5.32 Å². The number of thiophene rings is 1. The molecule has 2 amide bonds. The molecule has 0 aliphatic carbocycles. The number of aromatic nitrogens is 2. The first-order chi connectivity index (χ1) is 13.2. The third-order valence-corrected chi connectivity index (χ3v) is 5.77. The first-order valence-corrected chi connectivity index (χ1v) is 10.3. The number of aryl methyl sites for hydroxylation is 1. The third kappa shape index (κ3) is 4.48. The van der Waals surface area contributed by atoms with Crippen LogP contribution in [-0.2, 0) is 13.1 Å². The van der Waals surface area contributed by atoms with Crippen LogP contribution in [0.3, 0.4) is 0 Å². The van der Waals surface area contributed by atoms with Gasteiger partial charge >= 0.3 is 6.03 Å². The molecule has 0 saturated carbocycles. The van der Waals surface area contributed by atoms with Gasteiger partial charge in [-0.15, -0.1) is 11.3 Å². The van der Waals surface area contributed by atoms with E-state index in [4.69, 9.17) is 0 Å². The summed E-state index contributed by atoms with van der Waals surface area (Å²) in [5.74, 6) is 0. The molecule has 3 aromatic rings. The minimum absolute atomic E-state index is 0.00112. The van der Waals surface area contributed by atoms with E-state index in [2.05, 4.69) is 39.6 Å². The van der Waals surface area contributed by atoms with Crippen LogP contribution in [0, 0.1) is 6.92 Å². The summed E-state index contributed by atoms with van der Waals surface area (Å²) in [6.07, 6.45) is 5.03. The molecule has 0 atom stereocenters. The van der Waals surface area contributed by atoms with Crippen molar-refractivity contribution in [3.63, 3.8) is 0 Å². The number of nitrogens with one attached hydrogen (secondary N) is 1. The third-order valence-electron chi connectivity index (χ3n) is 4.90. The van der Waals surface area contributed by atoms with Crippen molar-refractivity contribution in [3.8, 4) is 0 Å². The van der Waals surface area contributed by atoms with E-state index in [1.54, 1.807) is 11.3 Å². The van der Waals surface area contributed by atoms with E-state index >= 15 is 0 Å². The van der Waals surface area contributed by atoms with E-state index < -0.39 is 0 Å². The molecule has 142 valence electrons. The molecule has 7 heteroatoms. The summed E-state index contributed by atoms with van der Waals surface area (Å²) in [4.78, 5) is 22.9. The number of carbonyl (C=O) groups excluding carboxylic acids is 1. The fourth-order valence-electron chi connectivity index (χ4n) is 3.47. The predicted octanol–water partition coefficient (Wildman–Crippen LogP) is 3.12. The van der Waals surface area contributed by atoms with Crippen LogP contribution in [-0.4, -0.2) is 51.4 Å². The summed E-state index contributed by atoms with van der Waals surface area (Å²) in [5.41, 5.74) is 2.97. The van der Waals surface area contributed by atoms with Crippen LogP contribution in [0.4, 0.5) is 4.79 Å². The summed E-state index contributed by atoms with van der Waals surface area (Å²) in [6, 6.07) is 8.32. The van der Waals surface area contributed by atoms with Crippen molar-refractivity contribution < 1.29 is 4.79 Å². The van der Waals surface area contributed by atoms with Gasteiger partial charge in [-0.1, -0.05) is 12.1 Å². The summed E-state index contributed by atoms with van der Waals surface area (Å²) in [5, 5.41) is 5.15. The van der Waals surface area contributed by atoms with Crippen molar-refractivity contribution in [2.24, 2.45) is 0 Å². The standard InChI is InChI=1S/C20H25N5OS/c1-16-5-6-19-22-17(14-25(19)13-16)12-21-20(26)24-8-3-7-23(9-10-24)15-18-4-2-11-27-18/h2,4-6,11,13-14H,3,7-10,12,15H2,1H3,(H,21,26). The maximum Gasteiger partial charge on any atom is 0.317 e. The maximum atomic E-state index is 12.6. The van der Waals surface area contributed by atoms with Gasteiger partial charge in [0.05, 0.1) is 12.2 Å². The lowest BCUT2D eigenvalue weighted by atomic mass is 10.3. The number of hydrogen-bond acceptors (Lipinski definition) is 4. The molecule has 0 spiro atoms. The molecule has 1 aliphatic rings. The maximum absolute atomic E-state index is 12.6. The molecule has 6 nitrogen and oxygen atoms in total. The molecule has 4 heterocycles. The Bertz CT molecular complexity index is 904. The Morgan fingerprint density at radius 3 is 2.96 bits per heavy atom. The number of amides is 2. The van der Waals surface area contributed by atoms with Gasteiger partial charge in [-0.05, 0) is 36.4 Å². The Morgan fingerprint density at radius 2 is 2.11 bits per heavy atom. The Kier molecular flexibility index (Phi) is 5.40.